The van der Waals surface area contributed by atoms with Crippen LogP contribution in [0.2, 0.25) is 0 Å². The molecule has 1 amide bonds. The number of alkyl halides is 9. The Morgan fingerprint density at radius 2 is 1.54 bits per heavy atom. The molecule has 1 unspecified atom stereocenters. The molecule has 39 heavy (non-hydrogen) atoms. The van der Waals surface area contributed by atoms with Crippen LogP contribution in [-0.4, -0.2) is 84.7 Å². The van der Waals surface area contributed by atoms with Gasteiger partial charge in [0, 0.05) is 51.5 Å². The van der Waals surface area contributed by atoms with Gasteiger partial charge in [0.15, 0.2) is 0 Å². The van der Waals surface area contributed by atoms with Crippen LogP contribution in [0.4, 0.5) is 50.0 Å². The molecular weight excluding hydrogens is 553 g/mol. The smallest absolute Gasteiger partial charge is 0.434 e. The maximum Gasteiger partial charge on any atom is 0.434 e. The van der Waals surface area contributed by atoms with Crippen LogP contribution in [0.15, 0.2) is 18.2 Å². The SMILES string of the molecule is CC1(C(=O)O)CCCN(c2cc(CN3CCN(C(=O)OC(C(F)(F)F)C(F)(F)F)CC3)cc(C(F)(F)F)c2)C1. The number of piperazine rings is 1. The van der Waals surface area contributed by atoms with E-state index in [4.69, 9.17) is 0 Å². The average Bonchev–Trinajstić information content (AvgIpc) is 2.80. The first-order chi connectivity index (χ1) is 17.8. The minimum absolute atomic E-state index is 0.000710. The highest BCUT2D eigenvalue weighted by Crippen LogP contribution is 2.38. The molecule has 220 valence electrons. The Labute approximate surface area is 217 Å². The van der Waals surface area contributed by atoms with Crippen molar-refractivity contribution in [3.05, 3.63) is 29.3 Å². The zero-order valence-electron chi connectivity index (χ0n) is 20.6. The molecule has 2 aliphatic heterocycles. The number of aliphatic carboxylic acids is 1. The quantitative estimate of drug-likeness (QED) is 0.487. The molecule has 0 radical (unpaired) electrons. The average molecular weight is 579 g/mol. The van der Waals surface area contributed by atoms with Crippen molar-refractivity contribution in [2.45, 2.75) is 50.9 Å². The van der Waals surface area contributed by atoms with Crippen molar-refractivity contribution in [3.8, 4) is 0 Å². The number of benzene rings is 1. The van der Waals surface area contributed by atoms with E-state index in [0.717, 1.165) is 12.1 Å². The molecule has 1 N–H and O–H groups in total. The number of rotatable bonds is 5. The molecule has 1 aromatic carbocycles. The van der Waals surface area contributed by atoms with Gasteiger partial charge >= 0.3 is 30.6 Å². The summed E-state index contributed by atoms with van der Waals surface area (Å²) in [6, 6.07) is 3.34. The lowest BCUT2D eigenvalue weighted by molar-refractivity contribution is -0.308. The highest BCUT2D eigenvalue weighted by atomic mass is 19.4. The van der Waals surface area contributed by atoms with Crippen LogP contribution in [0, 0.1) is 5.41 Å². The Balaban J connectivity index is 1.71. The molecule has 2 saturated heterocycles. The van der Waals surface area contributed by atoms with Crippen LogP contribution in [0.5, 0.6) is 0 Å². The summed E-state index contributed by atoms with van der Waals surface area (Å²) in [6.45, 7) is 1.09. The topological polar surface area (TPSA) is 73.3 Å². The number of anilines is 1. The normalized spacial score (nSPS) is 21.8. The number of carboxylic acid groups (broad SMARTS) is 1. The predicted molar refractivity (Wildman–Crippen MR) is 118 cm³/mol. The van der Waals surface area contributed by atoms with Crippen LogP contribution in [0.3, 0.4) is 0 Å². The van der Waals surface area contributed by atoms with Crippen molar-refractivity contribution in [3.63, 3.8) is 0 Å². The van der Waals surface area contributed by atoms with Gasteiger partial charge in [0.05, 0.1) is 11.0 Å². The van der Waals surface area contributed by atoms with E-state index in [1.54, 1.807) is 9.80 Å². The van der Waals surface area contributed by atoms with Gasteiger partial charge in [0.2, 0.25) is 0 Å². The summed E-state index contributed by atoms with van der Waals surface area (Å²) in [5.41, 5.74) is -1.70. The third kappa shape index (κ3) is 7.60. The molecule has 2 fully saturated rings. The van der Waals surface area contributed by atoms with E-state index in [9.17, 15) is 54.2 Å². The zero-order valence-corrected chi connectivity index (χ0v) is 20.6. The van der Waals surface area contributed by atoms with Gasteiger partial charge in [-0.3, -0.25) is 9.69 Å². The van der Waals surface area contributed by atoms with Gasteiger partial charge in [-0.1, -0.05) is 0 Å². The molecule has 3 rings (SSSR count). The van der Waals surface area contributed by atoms with E-state index in [2.05, 4.69) is 4.74 Å². The molecule has 0 bridgehead atoms. The predicted octanol–water partition coefficient (Wildman–Crippen LogP) is 5.14. The van der Waals surface area contributed by atoms with E-state index < -0.39 is 47.7 Å². The molecule has 0 saturated carbocycles. The van der Waals surface area contributed by atoms with Gasteiger partial charge < -0.3 is 19.6 Å². The van der Waals surface area contributed by atoms with Crippen molar-refractivity contribution < 1.29 is 58.9 Å². The number of carbonyl (C=O) groups is 2. The lowest BCUT2D eigenvalue weighted by atomic mass is 9.82. The van der Waals surface area contributed by atoms with Crippen LogP contribution in [0.1, 0.15) is 30.9 Å². The summed E-state index contributed by atoms with van der Waals surface area (Å²) >= 11 is 0. The highest BCUT2D eigenvalue weighted by molar-refractivity contribution is 5.75. The number of carboxylic acids is 1. The summed E-state index contributed by atoms with van der Waals surface area (Å²) in [5.74, 6) is -1.06. The number of hydrogen-bond donors (Lipinski definition) is 1. The minimum atomic E-state index is -5.85. The number of nitrogens with zero attached hydrogens (tertiary/aromatic N) is 3. The molecule has 1 atom stereocenters. The molecule has 2 heterocycles. The maximum atomic E-state index is 13.6. The van der Waals surface area contributed by atoms with Crippen molar-refractivity contribution in [2.24, 2.45) is 5.41 Å². The van der Waals surface area contributed by atoms with Gasteiger partial charge in [0.25, 0.3) is 6.10 Å². The first kappa shape index (κ1) is 30.6. The number of piperidine rings is 1. The first-order valence-electron chi connectivity index (χ1n) is 11.8. The Bertz CT molecular complexity index is 1040. The summed E-state index contributed by atoms with van der Waals surface area (Å²) in [7, 11) is 0. The van der Waals surface area contributed by atoms with Crippen molar-refractivity contribution in [1.29, 1.82) is 0 Å². The van der Waals surface area contributed by atoms with Crippen LogP contribution < -0.4 is 4.90 Å². The molecule has 7 nitrogen and oxygen atoms in total. The summed E-state index contributed by atoms with van der Waals surface area (Å²) in [5, 5.41) is 9.54. The maximum absolute atomic E-state index is 13.6. The third-order valence-electron chi connectivity index (χ3n) is 6.73. The summed E-state index contributed by atoms with van der Waals surface area (Å²) in [6.07, 6.45) is -21.7. The highest BCUT2D eigenvalue weighted by Gasteiger charge is 2.60. The van der Waals surface area contributed by atoms with Crippen LogP contribution in [-0.2, 0) is 22.3 Å². The van der Waals surface area contributed by atoms with Crippen LogP contribution in [0.25, 0.3) is 0 Å². The molecular formula is C23H26F9N3O4. The van der Waals surface area contributed by atoms with E-state index in [0.29, 0.717) is 24.3 Å². The van der Waals surface area contributed by atoms with Gasteiger partial charge in [-0.15, -0.1) is 0 Å². The van der Waals surface area contributed by atoms with Crippen molar-refractivity contribution in [1.82, 2.24) is 9.80 Å². The van der Waals surface area contributed by atoms with Gasteiger partial charge in [-0.05, 0) is 43.5 Å². The second-order valence-corrected chi connectivity index (χ2v) is 9.89. The fraction of sp³-hybridized carbons (Fsp3) is 0.652. The number of carbonyl (C=O) groups excluding carboxylic acids is 1. The largest absolute Gasteiger partial charge is 0.481 e. The molecule has 1 aromatic rings. The Kier molecular flexibility index (Phi) is 8.58. The molecule has 0 aromatic heterocycles. The first-order valence-corrected chi connectivity index (χ1v) is 11.8. The molecule has 2 aliphatic rings. The van der Waals surface area contributed by atoms with Gasteiger partial charge in [-0.25, -0.2) is 4.79 Å². The Hall–Kier alpha value is -2.91. The number of amides is 1. The Morgan fingerprint density at radius 3 is 2.05 bits per heavy atom. The number of halogens is 9. The second kappa shape index (κ2) is 10.9. The number of ether oxygens (including phenoxy) is 1. The fourth-order valence-electron chi connectivity index (χ4n) is 4.59. The third-order valence-corrected chi connectivity index (χ3v) is 6.73. The summed E-state index contributed by atoms with van der Waals surface area (Å²) in [4.78, 5) is 27.5. The molecule has 0 spiro atoms. The van der Waals surface area contributed by atoms with Crippen molar-refractivity contribution >= 4 is 17.7 Å². The fourth-order valence-corrected chi connectivity index (χ4v) is 4.59. The second-order valence-electron chi connectivity index (χ2n) is 9.89. The molecule has 0 aliphatic carbocycles. The van der Waals surface area contributed by atoms with E-state index in [-0.39, 0.29) is 50.5 Å². The monoisotopic (exact) mass is 579 g/mol. The van der Waals surface area contributed by atoms with E-state index >= 15 is 0 Å². The van der Waals surface area contributed by atoms with Gasteiger partial charge in [0.1, 0.15) is 0 Å². The lowest BCUT2D eigenvalue weighted by Crippen LogP contribution is -2.52. The zero-order chi connectivity index (χ0) is 29.4. The standard InChI is InChI=1S/C23H26F9N3O4/c1-20(18(36)37)3-2-4-35(13-20)16-10-14(9-15(11-16)21(24,25)26)12-33-5-7-34(8-6-33)19(38)39-17(22(27,28)29)23(30,31)32/h9-11,17H,2-8,12-13H2,1H3,(H,36,37). The minimum Gasteiger partial charge on any atom is -0.481 e. The molecule has 16 heteroatoms. The summed E-state index contributed by atoms with van der Waals surface area (Å²) < 4.78 is 121. The Morgan fingerprint density at radius 1 is 0.949 bits per heavy atom. The lowest BCUT2D eigenvalue weighted by Gasteiger charge is -2.39. The van der Waals surface area contributed by atoms with E-state index in [1.807, 2.05) is 0 Å². The van der Waals surface area contributed by atoms with Gasteiger partial charge in [-0.2, -0.15) is 39.5 Å². The van der Waals surface area contributed by atoms with E-state index in [1.165, 1.54) is 13.0 Å². The van der Waals surface area contributed by atoms with Crippen molar-refractivity contribution in [2.75, 3.05) is 44.2 Å². The number of hydrogen-bond acceptors (Lipinski definition) is 5. The van der Waals surface area contributed by atoms with Crippen LogP contribution >= 0.6 is 0 Å².